The SMILES string of the molecule is Cc1cc(C)c(CC(=O)C2(N)CC2)c(C)c1. The van der Waals surface area contributed by atoms with E-state index in [1.165, 1.54) is 16.7 Å². The van der Waals surface area contributed by atoms with Gasteiger partial charge in [-0.25, -0.2) is 0 Å². The fourth-order valence-electron chi connectivity index (χ4n) is 2.24. The molecule has 0 radical (unpaired) electrons. The van der Waals surface area contributed by atoms with Gasteiger partial charge in [0.15, 0.2) is 5.78 Å². The Bertz CT molecular complexity index is 421. The van der Waals surface area contributed by atoms with Crippen LogP contribution >= 0.6 is 0 Å². The summed E-state index contributed by atoms with van der Waals surface area (Å²) in [6.07, 6.45) is 2.21. The van der Waals surface area contributed by atoms with Crippen LogP contribution in [0.5, 0.6) is 0 Å². The Balaban J connectivity index is 2.24. The van der Waals surface area contributed by atoms with E-state index in [9.17, 15) is 4.79 Å². The lowest BCUT2D eigenvalue weighted by atomic mass is 9.93. The van der Waals surface area contributed by atoms with Crippen molar-refractivity contribution in [1.82, 2.24) is 0 Å². The number of carbonyl (C=O) groups is 1. The molecule has 0 aromatic heterocycles. The maximum Gasteiger partial charge on any atom is 0.157 e. The van der Waals surface area contributed by atoms with Gasteiger partial charge in [0, 0.05) is 6.42 Å². The van der Waals surface area contributed by atoms with Crippen LogP contribution in [-0.2, 0) is 11.2 Å². The second-order valence-electron chi connectivity index (χ2n) is 5.13. The van der Waals surface area contributed by atoms with E-state index < -0.39 is 5.54 Å². The van der Waals surface area contributed by atoms with Crippen LogP contribution in [0.4, 0.5) is 0 Å². The largest absolute Gasteiger partial charge is 0.319 e. The lowest BCUT2D eigenvalue weighted by Crippen LogP contribution is -2.34. The zero-order chi connectivity index (χ0) is 11.9. The van der Waals surface area contributed by atoms with Crippen LogP contribution in [0.2, 0.25) is 0 Å². The first-order chi connectivity index (χ1) is 7.42. The first-order valence-electron chi connectivity index (χ1n) is 5.81. The molecular formula is C14H19NO. The molecule has 1 aliphatic carbocycles. The van der Waals surface area contributed by atoms with Crippen molar-refractivity contribution in [2.45, 2.75) is 45.6 Å². The van der Waals surface area contributed by atoms with Crippen molar-refractivity contribution < 1.29 is 4.79 Å². The van der Waals surface area contributed by atoms with E-state index in [0.29, 0.717) is 6.42 Å². The van der Waals surface area contributed by atoms with E-state index in [1.54, 1.807) is 0 Å². The number of rotatable bonds is 3. The summed E-state index contributed by atoms with van der Waals surface area (Å²) in [5.74, 6) is 0.197. The van der Waals surface area contributed by atoms with Crippen molar-refractivity contribution in [3.63, 3.8) is 0 Å². The van der Waals surface area contributed by atoms with Gasteiger partial charge in [0.1, 0.15) is 0 Å². The molecular weight excluding hydrogens is 198 g/mol. The molecule has 2 heteroatoms. The van der Waals surface area contributed by atoms with Gasteiger partial charge in [-0.1, -0.05) is 17.7 Å². The quantitative estimate of drug-likeness (QED) is 0.843. The van der Waals surface area contributed by atoms with Gasteiger partial charge in [0.2, 0.25) is 0 Å². The maximum atomic E-state index is 12.0. The van der Waals surface area contributed by atoms with E-state index in [2.05, 4.69) is 32.9 Å². The molecule has 86 valence electrons. The highest BCUT2D eigenvalue weighted by atomic mass is 16.1. The van der Waals surface area contributed by atoms with E-state index in [-0.39, 0.29) is 5.78 Å². The minimum atomic E-state index is -0.496. The van der Waals surface area contributed by atoms with Gasteiger partial charge in [-0.3, -0.25) is 4.79 Å². The summed E-state index contributed by atoms with van der Waals surface area (Å²) in [7, 11) is 0. The summed E-state index contributed by atoms with van der Waals surface area (Å²) < 4.78 is 0. The molecule has 16 heavy (non-hydrogen) atoms. The summed E-state index contributed by atoms with van der Waals surface area (Å²) in [6, 6.07) is 4.26. The number of aryl methyl sites for hydroxylation is 3. The summed E-state index contributed by atoms with van der Waals surface area (Å²) in [4.78, 5) is 12.0. The van der Waals surface area contributed by atoms with E-state index >= 15 is 0 Å². The molecule has 0 unspecified atom stereocenters. The molecule has 1 saturated carbocycles. The second kappa shape index (κ2) is 3.70. The highest BCUT2D eigenvalue weighted by Crippen LogP contribution is 2.34. The molecule has 1 aromatic rings. The van der Waals surface area contributed by atoms with Crippen molar-refractivity contribution in [3.05, 3.63) is 34.4 Å². The number of benzene rings is 1. The molecule has 0 amide bonds. The van der Waals surface area contributed by atoms with Crippen molar-refractivity contribution >= 4 is 5.78 Å². The molecule has 2 rings (SSSR count). The van der Waals surface area contributed by atoms with Crippen molar-refractivity contribution in [2.24, 2.45) is 5.73 Å². The summed E-state index contributed by atoms with van der Waals surface area (Å²) in [5, 5.41) is 0. The molecule has 2 N–H and O–H groups in total. The smallest absolute Gasteiger partial charge is 0.157 e. The lowest BCUT2D eigenvalue weighted by molar-refractivity contribution is -0.120. The van der Waals surface area contributed by atoms with Gasteiger partial charge >= 0.3 is 0 Å². The number of Topliss-reactive ketones (excluding diaryl/α,β-unsaturated/α-hetero) is 1. The van der Waals surface area contributed by atoms with E-state index in [4.69, 9.17) is 5.73 Å². The Labute approximate surface area is 96.8 Å². The molecule has 1 fully saturated rings. The number of nitrogens with two attached hydrogens (primary N) is 1. The van der Waals surface area contributed by atoms with Gasteiger partial charge in [-0.05, 0) is 50.3 Å². The summed E-state index contributed by atoms with van der Waals surface area (Å²) in [5.41, 5.74) is 10.2. The normalized spacial score (nSPS) is 17.2. The molecule has 2 nitrogen and oxygen atoms in total. The minimum Gasteiger partial charge on any atom is -0.319 e. The van der Waals surface area contributed by atoms with E-state index in [0.717, 1.165) is 18.4 Å². The molecule has 0 spiro atoms. The first-order valence-corrected chi connectivity index (χ1v) is 5.81. The Kier molecular flexibility index (Phi) is 2.62. The fraction of sp³-hybridized carbons (Fsp3) is 0.500. The highest BCUT2D eigenvalue weighted by Gasteiger charge is 2.45. The van der Waals surface area contributed by atoms with Crippen molar-refractivity contribution in [3.8, 4) is 0 Å². The molecule has 0 heterocycles. The van der Waals surface area contributed by atoms with Crippen molar-refractivity contribution in [1.29, 1.82) is 0 Å². The molecule has 0 bridgehead atoms. The second-order valence-corrected chi connectivity index (χ2v) is 5.13. The zero-order valence-electron chi connectivity index (χ0n) is 10.3. The van der Waals surface area contributed by atoms with Crippen LogP contribution in [0.15, 0.2) is 12.1 Å². The average molecular weight is 217 g/mol. The van der Waals surface area contributed by atoms with Crippen LogP contribution in [0.25, 0.3) is 0 Å². The molecule has 0 aliphatic heterocycles. The average Bonchev–Trinajstić information content (AvgIpc) is 2.91. The molecule has 1 aromatic carbocycles. The lowest BCUT2D eigenvalue weighted by Gasteiger charge is -2.13. The fourth-order valence-corrected chi connectivity index (χ4v) is 2.24. The Hall–Kier alpha value is -1.15. The third-order valence-electron chi connectivity index (χ3n) is 3.52. The number of ketones is 1. The van der Waals surface area contributed by atoms with Crippen LogP contribution < -0.4 is 5.73 Å². The topological polar surface area (TPSA) is 43.1 Å². The Morgan fingerprint density at radius 2 is 1.75 bits per heavy atom. The standard InChI is InChI=1S/C14H19NO/c1-9-6-10(2)12(11(3)7-9)8-13(16)14(15)4-5-14/h6-7H,4-5,8,15H2,1-3H3. The molecule has 0 saturated heterocycles. The van der Waals surface area contributed by atoms with Gasteiger partial charge < -0.3 is 5.73 Å². The van der Waals surface area contributed by atoms with Crippen LogP contribution in [0, 0.1) is 20.8 Å². The number of hydrogen-bond donors (Lipinski definition) is 1. The highest BCUT2D eigenvalue weighted by molar-refractivity contribution is 5.93. The Morgan fingerprint density at radius 1 is 1.25 bits per heavy atom. The van der Waals surface area contributed by atoms with Crippen molar-refractivity contribution in [2.75, 3.05) is 0 Å². The molecule has 1 aliphatic rings. The van der Waals surface area contributed by atoms with E-state index in [1.807, 2.05) is 0 Å². The van der Waals surface area contributed by atoms with Gasteiger partial charge in [-0.15, -0.1) is 0 Å². The van der Waals surface area contributed by atoms with Gasteiger partial charge in [0.05, 0.1) is 5.54 Å². The van der Waals surface area contributed by atoms with Crippen LogP contribution in [0.1, 0.15) is 35.1 Å². The van der Waals surface area contributed by atoms with Gasteiger partial charge in [-0.2, -0.15) is 0 Å². The predicted octanol–water partition coefficient (Wildman–Crippen LogP) is 2.21. The summed E-state index contributed by atoms with van der Waals surface area (Å²) >= 11 is 0. The van der Waals surface area contributed by atoms with Crippen LogP contribution in [-0.4, -0.2) is 11.3 Å². The number of hydrogen-bond acceptors (Lipinski definition) is 2. The minimum absolute atomic E-state index is 0.197. The maximum absolute atomic E-state index is 12.0. The first kappa shape index (κ1) is 11.3. The number of carbonyl (C=O) groups excluding carboxylic acids is 1. The molecule has 0 atom stereocenters. The third kappa shape index (κ3) is 2.03. The van der Waals surface area contributed by atoms with Gasteiger partial charge in [0.25, 0.3) is 0 Å². The zero-order valence-corrected chi connectivity index (χ0v) is 10.3. The summed E-state index contributed by atoms with van der Waals surface area (Å²) in [6.45, 7) is 6.22. The third-order valence-corrected chi connectivity index (χ3v) is 3.52. The predicted molar refractivity (Wildman–Crippen MR) is 65.5 cm³/mol. The monoisotopic (exact) mass is 217 g/mol. The van der Waals surface area contributed by atoms with Crippen LogP contribution in [0.3, 0.4) is 0 Å². The Morgan fingerprint density at radius 3 is 2.19 bits per heavy atom.